The van der Waals surface area contributed by atoms with Gasteiger partial charge in [0.1, 0.15) is 6.07 Å². The monoisotopic (exact) mass is 341 g/mol. The maximum atomic E-state index is 8.82. The van der Waals surface area contributed by atoms with E-state index in [0.29, 0.717) is 15.6 Å². The number of halogens is 4. The van der Waals surface area contributed by atoms with Gasteiger partial charge in [0.15, 0.2) is 0 Å². The summed E-state index contributed by atoms with van der Waals surface area (Å²) in [6.45, 7) is 0. The van der Waals surface area contributed by atoms with Gasteiger partial charge < -0.3 is 0 Å². The summed E-state index contributed by atoms with van der Waals surface area (Å²) in [4.78, 5) is 0. The SMILES string of the molecule is N#Cc1c(Cl)cc(Cl)cc1C(Br)Br. The second-order valence-electron chi connectivity index (χ2n) is 2.26. The van der Waals surface area contributed by atoms with Crippen LogP contribution in [0, 0.1) is 11.3 Å². The number of nitriles is 1. The summed E-state index contributed by atoms with van der Waals surface area (Å²) >= 11 is 18.2. The van der Waals surface area contributed by atoms with Gasteiger partial charge in [-0.15, -0.1) is 0 Å². The smallest absolute Gasteiger partial charge is 0.101 e. The maximum absolute atomic E-state index is 8.82. The minimum absolute atomic E-state index is 0.120. The second kappa shape index (κ2) is 4.65. The normalized spacial score (nSPS) is 10.2. The molecule has 0 saturated heterocycles. The molecule has 1 rings (SSSR count). The van der Waals surface area contributed by atoms with E-state index < -0.39 is 0 Å². The average molecular weight is 344 g/mol. The number of hydrogen-bond donors (Lipinski definition) is 0. The van der Waals surface area contributed by atoms with Gasteiger partial charge in [0.2, 0.25) is 0 Å². The van der Waals surface area contributed by atoms with Gasteiger partial charge in [-0.2, -0.15) is 5.26 Å². The molecule has 68 valence electrons. The van der Waals surface area contributed by atoms with Crippen LogP contribution in [0.25, 0.3) is 0 Å². The third kappa shape index (κ3) is 2.60. The second-order valence-corrected chi connectivity index (χ2v) is 6.17. The van der Waals surface area contributed by atoms with E-state index in [1.807, 2.05) is 6.07 Å². The third-order valence-corrected chi connectivity index (χ3v) is 2.94. The first kappa shape index (κ1) is 11.3. The Morgan fingerprint density at radius 2 is 1.92 bits per heavy atom. The average Bonchev–Trinajstić information content (AvgIpc) is 2.02. The van der Waals surface area contributed by atoms with Crippen LogP contribution in [0.5, 0.6) is 0 Å². The van der Waals surface area contributed by atoms with Gasteiger partial charge in [-0.1, -0.05) is 55.1 Å². The van der Waals surface area contributed by atoms with Crippen LogP contribution < -0.4 is 0 Å². The molecule has 0 amide bonds. The van der Waals surface area contributed by atoms with Crippen molar-refractivity contribution in [3.8, 4) is 6.07 Å². The molecular weight excluding hydrogens is 341 g/mol. The van der Waals surface area contributed by atoms with Crippen molar-refractivity contribution in [2.24, 2.45) is 0 Å². The van der Waals surface area contributed by atoms with E-state index in [1.165, 1.54) is 0 Å². The summed E-state index contributed by atoms with van der Waals surface area (Å²) < 4.78 is -0.120. The van der Waals surface area contributed by atoms with Crippen molar-refractivity contribution in [3.63, 3.8) is 0 Å². The van der Waals surface area contributed by atoms with Crippen LogP contribution in [0.4, 0.5) is 0 Å². The van der Waals surface area contributed by atoms with Gasteiger partial charge >= 0.3 is 0 Å². The fourth-order valence-electron chi connectivity index (χ4n) is 0.884. The van der Waals surface area contributed by atoms with E-state index in [1.54, 1.807) is 12.1 Å². The van der Waals surface area contributed by atoms with Crippen molar-refractivity contribution in [2.75, 3.05) is 0 Å². The van der Waals surface area contributed by atoms with Gasteiger partial charge in [-0.25, -0.2) is 0 Å². The van der Waals surface area contributed by atoms with Crippen molar-refractivity contribution >= 4 is 55.1 Å². The number of nitrogens with zero attached hydrogens (tertiary/aromatic N) is 1. The summed E-state index contributed by atoms with van der Waals surface area (Å²) in [7, 11) is 0. The quantitative estimate of drug-likeness (QED) is 0.681. The highest BCUT2D eigenvalue weighted by Gasteiger charge is 2.13. The fourth-order valence-corrected chi connectivity index (χ4v) is 2.16. The lowest BCUT2D eigenvalue weighted by molar-refractivity contribution is 1.36. The molecule has 1 nitrogen and oxygen atoms in total. The van der Waals surface area contributed by atoms with Crippen LogP contribution in [-0.4, -0.2) is 0 Å². The predicted molar refractivity (Wildman–Crippen MR) is 61.8 cm³/mol. The molecule has 5 heteroatoms. The first-order chi connectivity index (χ1) is 6.06. The van der Waals surface area contributed by atoms with E-state index in [4.69, 9.17) is 28.5 Å². The molecular formula is C8H3Br2Cl2N. The van der Waals surface area contributed by atoms with E-state index >= 15 is 0 Å². The van der Waals surface area contributed by atoms with E-state index in [2.05, 4.69) is 31.9 Å². The molecule has 0 spiro atoms. The van der Waals surface area contributed by atoms with Crippen LogP contribution >= 0.6 is 55.1 Å². The van der Waals surface area contributed by atoms with Crippen LogP contribution in [0.3, 0.4) is 0 Å². The molecule has 0 aromatic heterocycles. The summed E-state index contributed by atoms with van der Waals surface area (Å²) in [5, 5.41) is 9.71. The Morgan fingerprint density at radius 3 is 2.38 bits per heavy atom. The minimum atomic E-state index is -0.120. The van der Waals surface area contributed by atoms with Crippen molar-refractivity contribution in [1.82, 2.24) is 0 Å². The molecule has 1 aromatic carbocycles. The highest BCUT2D eigenvalue weighted by Crippen LogP contribution is 2.36. The molecule has 0 fully saturated rings. The topological polar surface area (TPSA) is 23.8 Å². The van der Waals surface area contributed by atoms with Crippen LogP contribution in [-0.2, 0) is 0 Å². The lowest BCUT2D eigenvalue weighted by atomic mass is 10.1. The largest absolute Gasteiger partial charge is 0.192 e. The molecule has 0 atom stereocenters. The Balaban J connectivity index is 3.41. The molecule has 1 aromatic rings. The Morgan fingerprint density at radius 1 is 1.31 bits per heavy atom. The van der Waals surface area contributed by atoms with Gasteiger partial charge in [0.05, 0.1) is 14.3 Å². The molecule has 0 aliphatic heterocycles. The number of benzene rings is 1. The van der Waals surface area contributed by atoms with Crippen molar-refractivity contribution in [3.05, 3.63) is 33.3 Å². The molecule has 0 aliphatic carbocycles. The summed E-state index contributed by atoms with van der Waals surface area (Å²) in [5.41, 5.74) is 1.17. The van der Waals surface area contributed by atoms with Gasteiger partial charge in [-0.05, 0) is 17.7 Å². The highest BCUT2D eigenvalue weighted by molar-refractivity contribution is 9.24. The Labute approximate surface area is 103 Å². The molecule has 0 aliphatic rings. The van der Waals surface area contributed by atoms with E-state index in [9.17, 15) is 0 Å². The van der Waals surface area contributed by atoms with Gasteiger partial charge in [-0.3, -0.25) is 0 Å². The van der Waals surface area contributed by atoms with Gasteiger partial charge in [0, 0.05) is 5.02 Å². The van der Waals surface area contributed by atoms with Crippen LogP contribution in [0.1, 0.15) is 14.9 Å². The number of rotatable bonds is 1. The third-order valence-electron chi connectivity index (χ3n) is 1.43. The Hall–Kier alpha value is 0.250. The Kier molecular flexibility index (Phi) is 4.06. The van der Waals surface area contributed by atoms with Crippen LogP contribution in [0.2, 0.25) is 10.0 Å². The highest BCUT2D eigenvalue weighted by atomic mass is 79.9. The first-order valence-corrected chi connectivity index (χ1v) is 5.82. The molecule has 0 unspecified atom stereocenters. The summed E-state index contributed by atoms with van der Waals surface area (Å²) in [5.74, 6) is 0. The Bertz CT molecular complexity index is 371. The molecule has 0 radical (unpaired) electrons. The molecule has 0 bridgehead atoms. The van der Waals surface area contributed by atoms with E-state index in [0.717, 1.165) is 5.56 Å². The van der Waals surface area contributed by atoms with Crippen molar-refractivity contribution < 1.29 is 0 Å². The zero-order valence-electron chi connectivity index (χ0n) is 6.19. The van der Waals surface area contributed by atoms with Gasteiger partial charge in [0.25, 0.3) is 0 Å². The first-order valence-electron chi connectivity index (χ1n) is 3.23. The standard InChI is InChI=1S/C8H3Br2Cl2N/c9-8(10)5-1-4(11)2-7(12)6(5)3-13/h1-2,8H. The molecule has 13 heavy (non-hydrogen) atoms. The summed E-state index contributed by atoms with van der Waals surface area (Å²) in [6, 6.07) is 5.27. The maximum Gasteiger partial charge on any atom is 0.101 e. The lowest BCUT2D eigenvalue weighted by Crippen LogP contribution is -1.89. The molecule has 0 heterocycles. The zero-order valence-corrected chi connectivity index (χ0v) is 10.9. The zero-order chi connectivity index (χ0) is 10.0. The fraction of sp³-hybridized carbons (Fsp3) is 0.125. The number of alkyl halides is 2. The lowest BCUT2D eigenvalue weighted by Gasteiger charge is -2.06. The minimum Gasteiger partial charge on any atom is -0.192 e. The predicted octanol–water partition coefficient (Wildman–Crippen LogP) is 4.65. The molecule has 0 saturated carbocycles. The van der Waals surface area contributed by atoms with Crippen LogP contribution in [0.15, 0.2) is 12.1 Å². The van der Waals surface area contributed by atoms with E-state index in [-0.39, 0.29) is 3.74 Å². The molecule has 0 N–H and O–H groups in total. The van der Waals surface area contributed by atoms with Crippen molar-refractivity contribution in [2.45, 2.75) is 3.74 Å². The number of hydrogen-bond acceptors (Lipinski definition) is 1. The van der Waals surface area contributed by atoms with Crippen molar-refractivity contribution in [1.29, 1.82) is 5.26 Å². The summed E-state index contributed by atoms with van der Waals surface area (Å²) in [6.07, 6.45) is 0.